The third-order valence-electron chi connectivity index (χ3n) is 4.76. The van der Waals surface area contributed by atoms with Gasteiger partial charge < -0.3 is 24.4 Å². The van der Waals surface area contributed by atoms with Crippen molar-refractivity contribution < 1.29 is 32.2 Å². The Labute approximate surface area is 170 Å². The summed E-state index contributed by atoms with van der Waals surface area (Å²) < 4.78 is 55.4. The molecule has 9 heteroatoms. The van der Waals surface area contributed by atoms with E-state index in [4.69, 9.17) is 14.2 Å². The van der Waals surface area contributed by atoms with Crippen LogP contribution in [0, 0.1) is 0 Å². The van der Waals surface area contributed by atoms with E-state index in [9.17, 15) is 18.0 Å². The first-order valence-corrected chi connectivity index (χ1v) is 9.33. The third kappa shape index (κ3) is 4.51. The summed E-state index contributed by atoms with van der Waals surface area (Å²) in [6.45, 7) is 2.14. The molecule has 0 radical (unpaired) electrons. The zero-order valence-electron chi connectivity index (χ0n) is 15.9. The topological polar surface area (TPSA) is 60.0 Å². The summed E-state index contributed by atoms with van der Waals surface area (Å²) >= 11 is 0. The molecule has 0 saturated carbocycles. The molecule has 158 valence electrons. The molecule has 0 atom stereocenters. The molecule has 0 aliphatic carbocycles. The van der Waals surface area contributed by atoms with Crippen molar-refractivity contribution in [1.29, 1.82) is 0 Å². The van der Waals surface area contributed by atoms with Crippen molar-refractivity contribution in [1.82, 2.24) is 0 Å². The molecule has 2 aliphatic heterocycles. The highest BCUT2D eigenvalue weighted by atomic mass is 19.4. The summed E-state index contributed by atoms with van der Waals surface area (Å²) in [5.74, 6) is 0.655. The Hall–Kier alpha value is -3.20. The molecule has 6 nitrogen and oxygen atoms in total. The fourth-order valence-corrected chi connectivity index (χ4v) is 3.26. The molecule has 30 heavy (non-hydrogen) atoms. The Bertz CT molecular complexity index is 969. The van der Waals surface area contributed by atoms with E-state index in [1.54, 1.807) is 24.3 Å². The van der Waals surface area contributed by atoms with Crippen LogP contribution < -0.4 is 19.7 Å². The second kappa shape index (κ2) is 8.27. The number of morpholine rings is 1. The number of anilines is 2. The zero-order valence-corrected chi connectivity index (χ0v) is 15.9. The van der Waals surface area contributed by atoms with Crippen LogP contribution in [0.15, 0.2) is 42.5 Å². The van der Waals surface area contributed by atoms with E-state index in [1.807, 2.05) is 4.90 Å². The average molecular weight is 420 g/mol. The molecule has 1 saturated heterocycles. The first-order chi connectivity index (χ1) is 14.4. The molecule has 1 amide bonds. The van der Waals surface area contributed by atoms with E-state index >= 15 is 0 Å². The molecule has 0 aromatic heterocycles. The van der Waals surface area contributed by atoms with Crippen LogP contribution in [-0.2, 0) is 15.7 Å². The molecule has 1 fully saturated rings. The number of hydrogen-bond acceptors (Lipinski definition) is 5. The number of hydrogen-bond donors (Lipinski definition) is 1. The Balaban J connectivity index is 1.54. The maximum Gasteiger partial charge on any atom is 0.416 e. The predicted molar refractivity (Wildman–Crippen MR) is 105 cm³/mol. The van der Waals surface area contributed by atoms with Crippen LogP contribution >= 0.6 is 0 Å². The first-order valence-electron chi connectivity index (χ1n) is 9.33. The molecule has 2 aromatic carbocycles. The van der Waals surface area contributed by atoms with Gasteiger partial charge in [0.1, 0.15) is 0 Å². The summed E-state index contributed by atoms with van der Waals surface area (Å²) in [6.07, 6.45) is -1.69. The van der Waals surface area contributed by atoms with Gasteiger partial charge in [-0.05, 0) is 42.0 Å². The lowest BCUT2D eigenvalue weighted by Crippen LogP contribution is -2.36. The number of rotatable bonds is 4. The molecule has 0 unspecified atom stereocenters. The maximum atomic E-state index is 13.2. The zero-order chi connectivity index (χ0) is 21.1. The van der Waals surface area contributed by atoms with Crippen molar-refractivity contribution in [3.05, 3.63) is 53.6 Å². The first kappa shape index (κ1) is 20.1. The number of nitrogens with zero attached hydrogens (tertiary/aromatic N) is 1. The van der Waals surface area contributed by atoms with Gasteiger partial charge >= 0.3 is 6.18 Å². The monoisotopic (exact) mass is 420 g/mol. The lowest BCUT2D eigenvalue weighted by atomic mass is 10.1. The summed E-state index contributed by atoms with van der Waals surface area (Å²) in [7, 11) is 0. The summed E-state index contributed by atoms with van der Waals surface area (Å²) in [5.41, 5.74) is 0.504. The van der Waals surface area contributed by atoms with Gasteiger partial charge in [-0.1, -0.05) is 6.07 Å². The van der Waals surface area contributed by atoms with Gasteiger partial charge in [-0.25, -0.2) is 0 Å². The Morgan fingerprint density at radius 1 is 1.03 bits per heavy atom. The van der Waals surface area contributed by atoms with Gasteiger partial charge in [0, 0.05) is 19.2 Å². The predicted octanol–water partition coefficient (Wildman–Crippen LogP) is 3.92. The van der Waals surface area contributed by atoms with E-state index in [0.717, 1.165) is 12.1 Å². The van der Waals surface area contributed by atoms with Crippen molar-refractivity contribution >= 4 is 23.4 Å². The van der Waals surface area contributed by atoms with Crippen LogP contribution in [0.1, 0.15) is 11.1 Å². The van der Waals surface area contributed by atoms with Gasteiger partial charge in [0.25, 0.3) is 0 Å². The van der Waals surface area contributed by atoms with Crippen LogP contribution in [0.4, 0.5) is 24.5 Å². The van der Waals surface area contributed by atoms with Crippen LogP contribution in [0.2, 0.25) is 0 Å². The second-order valence-corrected chi connectivity index (χ2v) is 6.76. The molecule has 2 aromatic rings. The van der Waals surface area contributed by atoms with Crippen molar-refractivity contribution in [2.24, 2.45) is 0 Å². The van der Waals surface area contributed by atoms with Crippen molar-refractivity contribution in [2.75, 3.05) is 43.3 Å². The summed E-state index contributed by atoms with van der Waals surface area (Å²) in [4.78, 5) is 14.3. The Kier molecular flexibility index (Phi) is 5.54. The standard InChI is InChI=1S/C21H19F3N2O4/c22-21(23,24)15-3-4-17(26-7-9-28-10-8-26)16(12-15)25-20(27)6-2-14-1-5-18-19(11-14)30-13-29-18/h1-6,11-12H,7-10,13H2,(H,25,27)/b6-2+. The molecule has 0 bridgehead atoms. The highest BCUT2D eigenvalue weighted by Gasteiger charge is 2.31. The molecule has 1 N–H and O–H groups in total. The van der Waals surface area contributed by atoms with Gasteiger partial charge in [0.2, 0.25) is 12.7 Å². The molecule has 2 heterocycles. The van der Waals surface area contributed by atoms with E-state index in [1.165, 1.54) is 12.1 Å². The largest absolute Gasteiger partial charge is 0.454 e. The van der Waals surface area contributed by atoms with E-state index < -0.39 is 17.6 Å². The summed E-state index contributed by atoms with van der Waals surface area (Å²) in [6, 6.07) is 8.55. The lowest BCUT2D eigenvalue weighted by Gasteiger charge is -2.30. The van der Waals surface area contributed by atoms with Crippen LogP contribution in [0.3, 0.4) is 0 Å². The molecule has 4 rings (SSSR count). The molecule has 0 spiro atoms. The Morgan fingerprint density at radius 3 is 2.57 bits per heavy atom. The van der Waals surface area contributed by atoms with Crippen molar-refractivity contribution in [3.8, 4) is 11.5 Å². The van der Waals surface area contributed by atoms with Gasteiger partial charge in [-0.3, -0.25) is 4.79 Å². The van der Waals surface area contributed by atoms with E-state index in [-0.39, 0.29) is 12.5 Å². The van der Waals surface area contributed by atoms with Crippen molar-refractivity contribution in [3.63, 3.8) is 0 Å². The normalized spacial score (nSPS) is 16.2. The smallest absolute Gasteiger partial charge is 0.416 e. The highest BCUT2D eigenvalue weighted by Crippen LogP contribution is 2.36. The second-order valence-electron chi connectivity index (χ2n) is 6.76. The molecule has 2 aliphatic rings. The number of halogens is 3. The number of carbonyl (C=O) groups is 1. The van der Waals surface area contributed by atoms with Crippen LogP contribution in [-0.4, -0.2) is 39.0 Å². The number of amides is 1. The maximum absolute atomic E-state index is 13.2. The number of ether oxygens (including phenoxy) is 3. The minimum absolute atomic E-state index is 0.104. The highest BCUT2D eigenvalue weighted by molar-refractivity contribution is 6.04. The van der Waals surface area contributed by atoms with Crippen molar-refractivity contribution in [2.45, 2.75) is 6.18 Å². The van der Waals surface area contributed by atoms with Gasteiger partial charge in [0.05, 0.1) is 30.2 Å². The van der Waals surface area contributed by atoms with E-state index in [2.05, 4.69) is 5.32 Å². The number of nitrogens with one attached hydrogen (secondary N) is 1. The number of carbonyl (C=O) groups excluding carboxylic acids is 1. The number of alkyl halides is 3. The minimum Gasteiger partial charge on any atom is -0.454 e. The number of benzene rings is 2. The average Bonchev–Trinajstić information content (AvgIpc) is 3.20. The SMILES string of the molecule is O=C(/C=C/c1ccc2c(c1)OCO2)Nc1cc(C(F)(F)F)ccc1N1CCOCC1. The fraction of sp³-hybridized carbons (Fsp3) is 0.286. The van der Waals surface area contributed by atoms with Gasteiger partial charge in [-0.2, -0.15) is 13.2 Å². The minimum atomic E-state index is -4.51. The molecular formula is C21H19F3N2O4. The Morgan fingerprint density at radius 2 is 1.80 bits per heavy atom. The van der Waals surface area contributed by atoms with E-state index in [0.29, 0.717) is 49.1 Å². The number of fused-ring (bicyclic) bond motifs is 1. The molecular weight excluding hydrogens is 401 g/mol. The van der Waals surface area contributed by atoms with Crippen LogP contribution in [0.25, 0.3) is 6.08 Å². The quantitative estimate of drug-likeness (QED) is 0.760. The fourth-order valence-electron chi connectivity index (χ4n) is 3.26. The van der Waals surface area contributed by atoms with Gasteiger partial charge in [-0.15, -0.1) is 0 Å². The lowest BCUT2D eigenvalue weighted by molar-refractivity contribution is -0.137. The third-order valence-corrected chi connectivity index (χ3v) is 4.76. The summed E-state index contributed by atoms with van der Waals surface area (Å²) in [5, 5.41) is 2.58. The van der Waals surface area contributed by atoms with Crippen LogP contribution in [0.5, 0.6) is 11.5 Å². The van der Waals surface area contributed by atoms with Gasteiger partial charge in [0.15, 0.2) is 11.5 Å².